The summed E-state index contributed by atoms with van der Waals surface area (Å²) in [5.41, 5.74) is 2.42. The first-order valence-corrected chi connectivity index (χ1v) is 8.72. The summed E-state index contributed by atoms with van der Waals surface area (Å²) in [6.45, 7) is 5.49. The summed E-state index contributed by atoms with van der Waals surface area (Å²) in [4.78, 5) is 16.4. The van der Waals surface area contributed by atoms with Crippen molar-refractivity contribution in [3.8, 4) is 0 Å². The molecular weight excluding hydrogens is 288 g/mol. The van der Waals surface area contributed by atoms with Gasteiger partial charge >= 0.3 is 0 Å². The summed E-state index contributed by atoms with van der Waals surface area (Å²) in [6, 6.07) is 8.45. The molecule has 1 aromatic carbocycles. The topological polar surface area (TPSA) is 32.8 Å². The van der Waals surface area contributed by atoms with Crippen LogP contribution in [0.3, 0.4) is 0 Å². The van der Waals surface area contributed by atoms with E-state index < -0.39 is 0 Å². The van der Waals surface area contributed by atoms with Crippen LogP contribution in [0, 0.1) is 5.92 Å². The summed E-state index contributed by atoms with van der Waals surface area (Å²) < 4.78 is 5.61. The number of benzene rings is 1. The lowest BCUT2D eigenvalue weighted by atomic mass is 10.1. The number of likely N-dealkylation sites (tertiary alicyclic amines) is 1. The van der Waals surface area contributed by atoms with Crippen LogP contribution in [0.25, 0.3) is 0 Å². The molecule has 1 unspecified atom stereocenters. The van der Waals surface area contributed by atoms with Gasteiger partial charge < -0.3 is 14.5 Å². The van der Waals surface area contributed by atoms with Crippen LogP contribution in [0.1, 0.15) is 31.7 Å². The number of amides is 1. The van der Waals surface area contributed by atoms with Crippen LogP contribution in [0.15, 0.2) is 24.3 Å². The van der Waals surface area contributed by atoms with Crippen molar-refractivity contribution in [1.82, 2.24) is 4.90 Å². The number of hydrogen-bond acceptors (Lipinski definition) is 3. The van der Waals surface area contributed by atoms with Gasteiger partial charge in [0.1, 0.15) is 0 Å². The molecule has 1 aliphatic heterocycles. The minimum absolute atomic E-state index is 0.277. The second-order valence-electron chi connectivity index (χ2n) is 6.63. The average molecular weight is 318 g/mol. The van der Waals surface area contributed by atoms with E-state index in [1.807, 2.05) is 19.0 Å². The first-order chi connectivity index (χ1) is 11.1. The van der Waals surface area contributed by atoms with Crippen molar-refractivity contribution in [3.05, 3.63) is 29.8 Å². The molecule has 1 aliphatic rings. The SMILES string of the molecule is CCCOCC1CCN(C(=O)CCc2ccc(N(C)C)cc2)C1. The number of rotatable bonds is 8. The third-order valence-corrected chi connectivity index (χ3v) is 4.42. The minimum Gasteiger partial charge on any atom is -0.381 e. The van der Waals surface area contributed by atoms with Gasteiger partial charge in [0.05, 0.1) is 6.61 Å². The van der Waals surface area contributed by atoms with Crippen LogP contribution < -0.4 is 4.90 Å². The smallest absolute Gasteiger partial charge is 0.222 e. The monoisotopic (exact) mass is 318 g/mol. The Morgan fingerprint density at radius 1 is 1.30 bits per heavy atom. The number of nitrogens with zero attached hydrogens (tertiary/aromatic N) is 2. The molecule has 4 nitrogen and oxygen atoms in total. The molecule has 0 bridgehead atoms. The standard InChI is InChI=1S/C19H30N2O2/c1-4-13-23-15-17-11-12-21(14-17)19(22)10-7-16-5-8-18(9-6-16)20(2)3/h5-6,8-9,17H,4,7,10-15H2,1-3H3. The number of anilines is 1. The molecule has 0 saturated carbocycles. The van der Waals surface area contributed by atoms with Crippen molar-refractivity contribution in [2.24, 2.45) is 5.92 Å². The van der Waals surface area contributed by atoms with Crippen LogP contribution >= 0.6 is 0 Å². The molecule has 1 atom stereocenters. The van der Waals surface area contributed by atoms with Gasteiger partial charge in [-0.05, 0) is 37.0 Å². The van der Waals surface area contributed by atoms with Crippen LogP contribution in [0.4, 0.5) is 5.69 Å². The fraction of sp³-hybridized carbons (Fsp3) is 0.632. The van der Waals surface area contributed by atoms with E-state index in [-0.39, 0.29) is 5.91 Å². The van der Waals surface area contributed by atoms with E-state index in [9.17, 15) is 4.79 Å². The Hall–Kier alpha value is -1.55. The molecule has 1 aromatic rings. The van der Waals surface area contributed by atoms with E-state index in [0.717, 1.165) is 45.6 Å². The lowest BCUT2D eigenvalue weighted by molar-refractivity contribution is -0.130. The maximum Gasteiger partial charge on any atom is 0.222 e. The number of hydrogen-bond donors (Lipinski definition) is 0. The van der Waals surface area contributed by atoms with Crippen LogP contribution in [0.2, 0.25) is 0 Å². The maximum absolute atomic E-state index is 12.3. The van der Waals surface area contributed by atoms with E-state index >= 15 is 0 Å². The van der Waals surface area contributed by atoms with Gasteiger partial charge in [-0.25, -0.2) is 0 Å². The molecule has 0 N–H and O–H groups in total. The highest BCUT2D eigenvalue weighted by atomic mass is 16.5. The van der Waals surface area contributed by atoms with Crippen molar-refractivity contribution in [3.63, 3.8) is 0 Å². The molecule has 0 spiro atoms. The Bertz CT molecular complexity index is 485. The number of ether oxygens (including phenoxy) is 1. The first-order valence-electron chi connectivity index (χ1n) is 8.72. The van der Waals surface area contributed by atoms with E-state index in [2.05, 4.69) is 36.1 Å². The summed E-state index contributed by atoms with van der Waals surface area (Å²) in [5, 5.41) is 0. The first kappa shape index (κ1) is 17.8. The van der Waals surface area contributed by atoms with Crippen molar-refractivity contribution in [2.45, 2.75) is 32.6 Å². The second-order valence-corrected chi connectivity index (χ2v) is 6.63. The highest BCUT2D eigenvalue weighted by molar-refractivity contribution is 5.76. The predicted octanol–water partition coefficient (Wildman–Crippen LogP) is 2.96. The largest absolute Gasteiger partial charge is 0.381 e. The Kier molecular flexibility index (Phi) is 6.90. The summed E-state index contributed by atoms with van der Waals surface area (Å²) in [7, 11) is 4.07. The van der Waals surface area contributed by atoms with Gasteiger partial charge in [-0.3, -0.25) is 4.79 Å². The third-order valence-electron chi connectivity index (χ3n) is 4.42. The predicted molar refractivity (Wildman–Crippen MR) is 94.9 cm³/mol. The molecule has 1 fully saturated rings. The van der Waals surface area contributed by atoms with Crippen molar-refractivity contribution in [1.29, 1.82) is 0 Å². The molecule has 2 rings (SSSR count). The fourth-order valence-corrected chi connectivity index (χ4v) is 2.96. The molecule has 0 aromatic heterocycles. The fourth-order valence-electron chi connectivity index (χ4n) is 2.96. The van der Waals surface area contributed by atoms with E-state index in [1.165, 1.54) is 11.3 Å². The van der Waals surface area contributed by atoms with Gasteiger partial charge in [0.15, 0.2) is 0 Å². The Labute approximate surface area is 140 Å². The Morgan fingerprint density at radius 2 is 2.04 bits per heavy atom. The van der Waals surface area contributed by atoms with Crippen molar-refractivity contribution < 1.29 is 9.53 Å². The zero-order valence-corrected chi connectivity index (χ0v) is 14.8. The molecule has 1 heterocycles. The van der Waals surface area contributed by atoms with Crippen LogP contribution in [-0.2, 0) is 16.0 Å². The Morgan fingerprint density at radius 3 is 2.70 bits per heavy atom. The molecule has 0 aliphatic carbocycles. The average Bonchev–Trinajstić information content (AvgIpc) is 3.02. The number of aryl methyl sites for hydroxylation is 1. The zero-order chi connectivity index (χ0) is 16.7. The lowest BCUT2D eigenvalue weighted by Gasteiger charge is -2.17. The van der Waals surface area contributed by atoms with E-state index in [1.54, 1.807) is 0 Å². The van der Waals surface area contributed by atoms with Gasteiger partial charge in [-0.1, -0.05) is 19.1 Å². The number of carbonyl (C=O) groups excluding carboxylic acids is 1. The van der Waals surface area contributed by atoms with Crippen molar-refractivity contribution in [2.75, 3.05) is 45.3 Å². The number of carbonyl (C=O) groups is 1. The van der Waals surface area contributed by atoms with Gasteiger partial charge in [0.2, 0.25) is 5.91 Å². The molecule has 0 radical (unpaired) electrons. The highest BCUT2D eigenvalue weighted by Crippen LogP contribution is 2.19. The summed E-state index contributed by atoms with van der Waals surface area (Å²) in [5.74, 6) is 0.796. The van der Waals surface area contributed by atoms with Gasteiger partial charge in [-0.15, -0.1) is 0 Å². The molecule has 4 heteroatoms. The third kappa shape index (κ3) is 5.54. The second kappa shape index (κ2) is 8.92. The summed E-state index contributed by atoms with van der Waals surface area (Å²) >= 11 is 0. The maximum atomic E-state index is 12.3. The van der Waals surface area contributed by atoms with Gasteiger partial charge in [0, 0.05) is 51.8 Å². The van der Waals surface area contributed by atoms with Gasteiger partial charge in [0.25, 0.3) is 0 Å². The van der Waals surface area contributed by atoms with E-state index in [0.29, 0.717) is 12.3 Å². The molecular formula is C19H30N2O2. The van der Waals surface area contributed by atoms with Crippen LogP contribution in [-0.4, -0.2) is 51.2 Å². The molecule has 1 saturated heterocycles. The molecule has 128 valence electrons. The van der Waals surface area contributed by atoms with Gasteiger partial charge in [-0.2, -0.15) is 0 Å². The molecule has 1 amide bonds. The minimum atomic E-state index is 0.277. The van der Waals surface area contributed by atoms with Crippen molar-refractivity contribution >= 4 is 11.6 Å². The zero-order valence-electron chi connectivity index (χ0n) is 14.8. The lowest BCUT2D eigenvalue weighted by Crippen LogP contribution is -2.29. The normalized spacial score (nSPS) is 17.5. The molecule has 23 heavy (non-hydrogen) atoms. The summed E-state index contributed by atoms with van der Waals surface area (Å²) in [6.07, 6.45) is 3.55. The Balaban J connectivity index is 1.72. The quantitative estimate of drug-likeness (QED) is 0.691. The van der Waals surface area contributed by atoms with Crippen LogP contribution in [0.5, 0.6) is 0 Å². The highest BCUT2D eigenvalue weighted by Gasteiger charge is 2.25. The van der Waals surface area contributed by atoms with E-state index in [4.69, 9.17) is 4.74 Å².